The summed E-state index contributed by atoms with van der Waals surface area (Å²) in [5.41, 5.74) is 1.33. The van der Waals surface area contributed by atoms with Gasteiger partial charge in [-0.3, -0.25) is 4.79 Å². The third kappa shape index (κ3) is 4.20. The monoisotopic (exact) mass is 330 g/mol. The van der Waals surface area contributed by atoms with Crippen molar-refractivity contribution >= 4 is 23.3 Å². The van der Waals surface area contributed by atoms with E-state index in [1.54, 1.807) is 6.20 Å². The number of halogens is 1. The first kappa shape index (κ1) is 15.7. The Balaban J connectivity index is 1.56. The molecule has 1 aliphatic carbocycles. The van der Waals surface area contributed by atoms with Crippen LogP contribution in [0.4, 0.5) is 5.82 Å². The Hall–Kier alpha value is -2.14. The van der Waals surface area contributed by atoms with Crippen molar-refractivity contribution in [3.8, 4) is 0 Å². The predicted molar refractivity (Wildman–Crippen MR) is 90.5 cm³/mol. The molecule has 3 rings (SSSR count). The van der Waals surface area contributed by atoms with Crippen molar-refractivity contribution < 1.29 is 4.79 Å². The van der Waals surface area contributed by atoms with E-state index in [0.29, 0.717) is 23.1 Å². The minimum Gasteiger partial charge on any atom is -0.365 e. The molecule has 0 aliphatic heterocycles. The van der Waals surface area contributed by atoms with E-state index in [1.165, 1.54) is 19.0 Å². The Morgan fingerprint density at radius 3 is 2.65 bits per heavy atom. The van der Waals surface area contributed by atoms with Gasteiger partial charge in [-0.25, -0.2) is 9.97 Å². The lowest BCUT2D eigenvalue weighted by Crippen LogP contribution is -2.33. The molecule has 1 aromatic carbocycles. The van der Waals surface area contributed by atoms with Crippen LogP contribution in [0.2, 0.25) is 5.02 Å². The fraction of sp³-hybridized carbons (Fsp3) is 0.353. The summed E-state index contributed by atoms with van der Waals surface area (Å²) in [7, 11) is 0. The molecule has 1 saturated carbocycles. The molecule has 1 aliphatic rings. The first-order valence-corrected chi connectivity index (χ1v) is 8.20. The van der Waals surface area contributed by atoms with Gasteiger partial charge in [0, 0.05) is 17.6 Å². The second kappa shape index (κ2) is 7.42. The Bertz CT molecular complexity index is 669. The lowest BCUT2D eigenvalue weighted by molar-refractivity contribution is 0.0932. The first-order chi connectivity index (χ1) is 11.2. The Morgan fingerprint density at radius 2 is 1.96 bits per heavy atom. The summed E-state index contributed by atoms with van der Waals surface area (Å²) in [4.78, 5) is 20.5. The fourth-order valence-corrected chi connectivity index (χ4v) is 2.90. The van der Waals surface area contributed by atoms with Gasteiger partial charge in [-0.1, -0.05) is 42.6 Å². The van der Waals surface area contributed by atoms with Crippen molar-refractivity contribution in [1.82, 2.24) is 15.3 Å². The Morgan fingerprint density at radius 1 is 1.17 bits per heavy atom. The number of benzene rings is 1. The number of carbonyl (C=O) groups excluding carboxylic acids is 1. The zero-order valence-corrected chi connectivity index (χ0v) is 13.5. The van der Waals surface area contributed by atoms with Gasteiger partial charge in [-0.15, -0.1) is 0 Å². The SMILES string of the molecule is O=C(NC1CCCC1)c1cnc(NCc2ccccc2Cl)cn1. The molecule has 23 heavy (non-hydrogen) atoms. The highest BCUT2D eigenvalue weighted by atomic mass is 35.5. The van der Waals surface area contributed by atoms with Gasteiger partial charge < -0.3 is 10.6 Å². The van der Waals surface area contributed by atoms with Crippen LogP contribution in [0.3, 0.4) is 0 Å². The summed E-state index contributed by atoms with van der Waals surface area (Å²) in [5, 5.41) is 6.86. The maximum absolute atomic E-state index is 12.1. The fourth-order valence-electron chi connectivity index (χ4n) is 2.69. The molecule has 6 heteroatoms. The molecule has 5 nitrogen and oxygen atoms in total. The largest absolute Gasteiger partial charge is 0.365 e. The number of nitrogens with one attached hydrogen (secondary N) is 2. The van der Waals surface area contributed by atoms with E-state index in [2.05, 4.69) is 20.6 Å². The zero-order chi connectivity index (χ0) is 16.1. The zero-order valence-electron chi connectivity index (χ0n) is 12.8. The van der Waals surface area contributed by atoms with Gasteiger partial charge >= 0.3 is 0 Å². The molecule has 0 bridgehead atoms. The maximum atomic E-state index is 12.1. The highest BCUT2D eigenvalue weighted by molar-refractivity contribution is 6.31. The molecular formula is C17H19ClN4O. The van der Waals surface area contributed by atoms with Gasteiger partial charge in [0.1, 0.15) is 11.5 Å². The van der Waals surface area contributed by atoms with Crippen LogP contribution in [0, 0.1) is 0 Å². The van der Waals surface area contributed by atoms with Crippen molar-refractivity contribution in [2.45, 2.75) is 38.3 Å². The van der Waals surface area contributed by atoms with Crippen LogP contribution in [0.1, 0.15) is 41.7 Å². The Kier molecular flexibility index (Phi) is 5.08. The Labute approximate surface area is 140 Å². The number of hydrogen-bond acceptors (Lipinski definition) is 4. The first-order valence-electron chi connectivity index (χ1n) is 7.82. The molecule has 1 aromatic heterocycles. The molecule has 0 radical (unpaired) electrons. The van der Waals surface area contributed by atoms with Crippen LogP contribution in [0.15, 0.2) is 36.7 Å². The van der Waals surface area contributed by atoms with Crippen LogP contribution in [-0.4, -0.2) is 21.9 Å². The third-order valence-electron chi connectivity index (χ3n) is 3.99. The maximum Gasteiger partial charge on any atom is 0.271 e. The summed E-state index contributed by atoms with van der Waals surface area (Å²) in [5.74, 6) is 0.462. The molecule has 2 N–H and O–H groups in total. The lowest BCUT2D eigenvalue weighted by atomic mass is 10.2. The van der Waals surface area contributed by atoms with E-state index in [1.807, 2.05) is 24.3 Å². The molecule has 1 fully saturated rings. The predicted octanol–water partition coefficient (Wildman–Crippen LogP) is 3.41. The van der Waals surface area contributed by atoms with E-state index in [0.717, 1.165) is 18.4 Å². The van der Waals surface area contributed by atoms with Crippen molar-refractivity contribution in [2.75, 3.05) is 5.32 Å². The second-order valence-corrected chi connectivity index (χ2v) is 6.09. The number of carbonyl (C=O) groups is 1. The van der Waals surface area contributed by atoms with Crippen molar-refractivity contribution in [3.05, 3.63) is 52.9 Å². The van der Waals surface area contributed by atoms with Crippen LogP contribution in [0.25, 0.3) is 0 Å². The average molecular weight is 331 g/mol. The molecule has 120 valence electrons. The highest BCUT2D eigenvalue weighted by Crippen LogP contribution is 2.18. The smallest absolute Gasteiger partial charge is 0.271 e. The van der Waals surface area contributed by atoms with Gasteiger partial charge in [0.05, 0.1) is 12.4 Å². The van der Waals surface area contributed by atoms with Gasteiger partial charge in [-0.2, -0.15) is 0 Å². The van der Waals surface area contributed by atoms with Crippen LogP contribution in [0.5, 0.6) is 0 Å². The van der Waals surface area contributed by atoms with Gasteiger partial charge in [-0.05, 0) is 24.5 Å². The summed E-state index contributed by atoms with van der Waals surface area (Å²) < 4.78 is 0. The molecule has 0 spiro atoms. The normalized spacial score (nSPS) is 14.7. The number of hydrogen-bond donors (Lipinski definition) is 2. The number of anilines is 1. The lowest BCUT2D eigenvalue weighted by Gasteiger charge is -2.11. The second-order valence-electron chi connectivity index (χ2n) is 5.69. The van der Waals surface area contributed by atoms with Crippen LogP contribution < -0.4 is 10.6 Å². The number of aromatic nitrogens is 2. The molecule has 0 saturated heterocycles. The summed E-state index contributed by atoms with van der Waals surface area (Å²) >= 11 is 6.11. The van der Waals surface area contributed by atoms with Crippen molar-refractivity contribution in [2.24, 2.45) is 0 Å². The van der Waals surface area contributed by atoms with E-state index in [-0.39, 0.29) is 11.9 Å². The van der Waals surface area contributed by atoms with E-state index in [4.69, 9.17) is 11.6 Å². The van der Waals surface area contributed by atoms with E-state index >= 15 is 0 Å². The van der Waals surface area contributed by atoms with E-state index in [9.17, 15) is 4.79 Å². The number of nitrogens with zero attached hydrogens (tertiary/aromatic N) is 2. The molecule has 2 aromatic rings. The quantitative estimate of drug-likeness (QED) is 0.881. The number of amides is 1. The number of rotatable bonds is 5. The molecule has 0 unspecified atom stereocenters. The highest BCUT2D eigenvalue weighted by Gasteiger charge is 2.18. The molecule has 0 atom stereocenters. The average Bonchev–Trinajstić information content (AvgIpc) is 3.07. The molecular weight excluding hydrogens is 312 g/mol. The van der Waals surface area contributed by atoms with E-state index < -0.39 is 0 Å². The van der Waals surface area contributed by atoms with Gasteiger partial charge in [0.15, 0.2) is 0 Å². The van der Waals surface area contributed by atoms with Crippen molar-refractivity contribution in [1.29, 1.82) is 0 Å². The topological polar surface area (TPSA) is 66.9 Å². The summed E-state index contributed by atoms with van der Waals surface area (Å²) in [6.45, 7) is 0.558. The summed E-state index contributed by atoms with van der Waals surface area (Å²) in [6, 6.07) is 7.91. The molecule has 1 heterocycles. The standard InChI is InChI=1S/C17H19ClN4O/c18-14-8-4-1-5-12(14)9-20-16-11-19-15(10-21-16)17(23)22-13-6-2-3-7-13/h1,4-5,8,10-11,13H,2-3,6-7,9H2,(H,20,21)(H,22,23). The van der Waals surface area contributed by atoms with Crippen LogP contribution >= 0.6 is 11.6 Å². The molecule has 1 amide bonds. The minimum absolute atomic E-state index is 0.151. The van der Waals surface area contributed by atoms with Gasteiger partial charge in [0.25, 0.3) is 5.91 Å². The van der Waals surface area contributed by atoms with Crippen molar-refractivity contribution in [3.63, 3.8) is 0 Å². The minimum atomic E-state index is -0.151. The van der Waals surface area contributed by atoms with Crippen LogP contribution in [-0.2, 0) is 6.54 Å². The third-order valence-corrected chi connectivity index (χ3v) is 4.36. The van der Waals surface area contributed by atoms with Gasteiger partial charge in [0.2, 0.25) is 0 Å². The summed E-state index contributed by atoms with van der Waals surface area (Å²) in [6.07, 6.45) is 7.54.